The fourth-order valence-corrected chi connectivity index (χ4v) is 2.27. The van der Waals surface area contributed by atoms with Crippen LogP contribution in [-0.4, -0.2) is 35.4 Å². The minimum Gasteiger partial charge on any atom is -0.464 e. The third kappa shape index (κ3) is 6.84. The Hall–Kier alpha value is -1.85. The monoisotopic (exact) mass is 324 g/mol. The van der Waals surface area contributed by atoms with Gasteiger partial charge in [-0.15, -0.1) is 0 Å². The van der Waals surface area contributed by atoms with Gasteiger partial charge in [0.05, 0.1) is 13.7 Å². The number of rotatable bonds is 11. The van der Waals surface area contributed by atoms with Crippen LogP contribution in [0.5, 0.6) is 0 Å². The normalized spacial score (nSPS) is 10.6. The lowest BCUT2D eigenvalue weighted by Crippen LogP contribution is -2.31. The molecule has 0 aliphatic heterocycles. The summed E-state index contributed by atoms with van der Waals surface area (Å²) in [7, 11) is 1.30. The lowest BCUT2D eigenvalue weighted by Gasteiger charge is -2.21. The molecule has 0 saturated heterocycles. The van der Waals surface area contributed by atoms with E-state index < -0.39 is 5.97 Å². The molecule has 6 heteroatoms. The van der Waals surface area contributed by atoms with Crippen LogP contribution in [0.3, 0.4) is 0 Å². The number of methoxy groups -OCH3 is 1. The Morgan fingerprint density at radius 3 is 2.52 bits per heavy atom. The SMILES string of the molecule is CCCCCC(=O)N(CCCCC)Cc1nc(C(=O)OC)co1. The van der Waals surface area contributed by atoms with Crippen molar-refractivity contribution in [3.05, 3.63) is 17.8 Å². The van der Waals surface area contributed by atoms with E-state index in [1.165, 1.54) is 13.4 Å². The zero-order valence-corrected chi connectivity index (χ0v) is 14.5. The molecule has 1 rings (SSSR count). The van der Waals surface area contributed by atoms with E-state index in [-0.39, 0.29) is 11.6 Å². The zero-order chi connectivity index (χ0) is 17.1. The smallest absolute Gasteiger partial charge is 0.360 e. The predicted molar refractivity (Wildman–Crippen MR) is 86.9 cm³/mol. The Labute approximate surface area is 138 Å². The van der Waals surface area contributed by atoms with Crippen molar-refractivity contribution < 1.29 is 18.7 Å². The molecule has 6 nitrogen and oxygen atoms in total. The molecule has 1 amide bonds. The molecule has 0 spiro atoms. The molecule has 0 fully saturated rings. The topological polar surface area (TPSA) is 72.6 Å². The van der Waals surface area contributed by atoms with Gasteiger partial charge in [-0.3, -0.25) is 4.79 Å². The molecule has 0 aliphatic carbocycles. The highest BCUT2D eigenvalue weighted by atomic mass is 16.5. The second-order valence-electron chi connectivity index (χ2n) is 5.60. The summed E-state index contributed by atoms with van der Waals surface area (Å²) in [5, 5.41) is 0. The van der Waals surface area contributed by atoms with E-state index in [9.17, 15) is 9.59 Å². The lowest BCUT2D eigenvalue weighted by atomic mass is 10.2. The van der Waals surface area contributed by atoms with Crippen molar-refractivity contribution in [2.24, 2.45) is 0 Å². The summed E-state index contributed by atoms with van der Waals surface area (Å²) in [6.45, 7) is 5.23. The molecule has 0 saturated carbocycles. The average molecular weight is 324 g/mol. The van der Waals surface area contributed by atoms with E-state index in [0.717, 1.165) is 38.5 Å². The first-order valence-electron chi connectivity index (χ1n) is 8.42. The third-order valence-corrected chi connectivity index (χ3v) is 3.65. The Kier molecular flexibility index (Phi) is 9.02. The molecule has 1 aromatic rings. The summed E-state index contributed by atoms with van der Waals surface area (Å²) in [6.07, 6.45) is 8.00. The van der Waals surface area contributed by atoms with Crippen molar-refractivity contribution in [2.75, 3.05) is 13.7 Å². The molecule has 23 heavy (non-hydrogen) atoms. The first kappa shape index (κ1) is 19.2. The molecule has 130 valence electrons. The van der Waals surface area contributed by atoms with Crippen LogP contribution in [0.2, 0.25) is 0 Å². The minimum atomic E-state index is -0.535. The molecule has 0 aromatic carbocycles. The number of esters is 1. The highest BCUT2D eigenvalue weighted by Crippen LogP contribution is 2.11. The van der Waals surface area contributed by atoms with Gasteiger partial charge in [-0.2, -0.15) is 0 Å². The van der Waals surface area contributed by atoms with Crippen molar-refractivity contribution in [1.29, 1.82) is 0 Å². The van der Waals surface area contributed by atoms with E-state index in [1.807, 2.05) is 0 Å². The Bertz CT molecular complexity index is 485. The van der Waals surface area contributed by atoms with Crippen LogP contribution < -0.4 is 0 Å². The molecular weight excluding hydrogens is 296 g/mol. The largest absolute Gasteiger partial charge is 0.464 e. The molecule has 0 bridgehead atoms. The second kappa shape index (κ2) is 10.8. The zero-order valence-electron chi connectivity index (χ0n) is 14.5. The number of oxazole rings is 1. The van der Waals surface area contributed by atoms with E-state index >= 15 is 0 Å². The number of ether oxygens (including phenoxy) is 1. The molecular formula is C17H28N2O4. The molecule has 0 unspecified atom stereocenters. The van der Waals surface area contributed by atoms with Gasteiger partial charge in [0.15, 0.2) is 5.69 Å². The van der Waals surface area contributed by atoms with Gasteiger partial charge in [0.2, 0.25) is 11.8 Å². The molecule has 1 aromatic heterocycles. The summed E-state index contributed by atoms with van der Waals surface area (Å²) in [5.74, 6) is -0.0510. The number of nitrogens with zero attached hydrogens (tertiary/aromatic N) is 2. The molecule has 1 heterocycles. The quantitative estimate of drug-likeness (QED) is 0.459. The Morgan fingerprint density at radius 1 is 1.17 bits per heavy atom. The highest BCUT2D eigenvalue weighted by molar-refractivity contribution is 5.86. The standard InChI is InChI=1S/C17H28N2O4/c1-4-6-8-10-16(20)19(11-9-7-5-2)12-15-18-14(13-23-15)17(21)22-3/h13H,4-12H2,1-3H3. The van der Waals surface area contributed by atoms with E-state index in [4.69, 9.17) is 4.42 Å². The predicted octanol–water partition coefficient (Wildman–Crippen LogP) is 3.56. The average Bonchev–Trinajstić information content (AvgIpc) is 3.02. The van der Waals surface area contributed by atoms with Gasteiger partial charge in [-0.25, -0.2) is 9.78 Å². The summed E-state index contributed by atoms with van der Waals surface area (Å²) in [4.78, 5) is 29.7. The van der Waals surface area contributed by atoms with Gasteiger partial charge in [-0.05, 0) is 12.8 Å². The second-order valence-corrected chi connectivity index (χ2v) is 5.60. The number of unbranched alkanes of at least 4 members (excludes halogenated alkanes) is 4. The molecule has 0 aliphatic rings. The van der Waals surface area contributed by atoms with Crippen LogP contribution in [0.1, 0.15) is 75.2 Å². The van der Waals surface area contributed by atoms with Crippen LogP contribution >= 0.6 is 0 Å². The maximum Gasteiger partial charge on any atom is 0.360 e. The van der Waals surface area contributed by atoms with Crippen molar-refractivity contribution in [2.45, 2.75) is 65.3 Å². The number of hydrogen-bond acceptors (Lipinski definition) is 5. The van der Waals surface area contributed by atoms with Gasteiger partial charge < -0.3 is 14.1 Å². The summed E-state index contributed by atoms with van der Waals surface area (Å²) < 4.78 is 9.90. The maximum absolute atomic E-state index is 12.4. The first-order valence-corrected chi connectivity index (χ1v) is 8.42. The summed E-state index contributed by atoms with van der Waals surface area (Å²) in [5.41, 5.74) is 0.134. The molecule has 0 radical (unpaired) electrons. The fourth-order valence-electron chi connectivity index (χ4n) is 2.27. The van der Waals surface area contributed by atoms with Gasteiger partial charge in [-0.1, -0.05) is 39.5 Å². The minimum absolute atomic E-state index is 0.118. The van der Waals surface area contributed by atoms with Crippen LogP contribution in [0.25, 0.3) is 0 Å². The Morgan fingerprint density at radius 2 is 1.87 bits per heavy atom. The maximum atomic E-state index is 12.4. The highest BCUT2D eigenvalue weighted by Gasteiger charge is 2.18. The number of carbonyl (C=O) groups is 2. The summed E-state index contributed by atoms with van der Waals surface area (Å²) in [6, 6.07) is 0. The van der Waals surface area contributed by atoms with Gasteiger partial charge in [0.1, 0.15) is 6.26 Å². The number of amides is 1. The van der Waals surface area contributed by atoms with Gasteiger partial charge in [0, 0.05) is 13.0 Å². The van der Waals surface area contributed by atoms with Gasteiger partial charge in [0.25, 0.3) is 0 Å². The van der Waals surface area contributed by atoms with Crippen LogP contribution in [0.4, 0.5) is 0 Å². The van der Waals surface area contributed by atoms with Crippen molar-refractivity contribution in [1.82, 2.24) is 9.88 Å². The van der Waals surface area contributed by atoms with Crippen LogP contribution in [-0.2, 0) is 16.1 Å². The third-order valence-electron chi connectivity index (χ3n) is 3.65. The lowest BCUT2D eigenvalue weighted by molar-refractivity contribution is -0.132. The fraction of sp³-hybridized carbons (Fsp3) is 0.706. The Balaban J connectivity index is 2.65. The van der Waals surface area contributed by atoms with Crippen LogP contribution in [0, 0.1) is 0 Å². The number of aromatic nitrogens is 1. The van der Waals surface area contributed by atoms with Crippen molar-refractivity contribution in [3.8, 4) is 0 Å². The summed E-state index contributed by atoms with van der Waals surface area (Å²) >= 11 is 0. The number of carbonyl (C=O) groups excluding carboxylic acids is 2. The van der Waals surface area contributed by atoms with E-state index in [0.29, 0.717) is 25.4 Å². The van der Waals surface area contributed by atoms with Crippen molar-refractivity contribution in [3.63, 3.8) is 0 Å². The van der Waals surface area contributed by atoms with E-state index in [1.54, 1.807) is 4.90 Å². The van der Waals surface area contributed by atoms with Crippen LogP contribution in [0.15, 0.2) is 10.7 Å². The molecule has 0 N–H and O–H groups in total. The van der Waals surface area contributed by atoms with Crippen molar-refractivity contribution >= 4 is 11.9 Å². The first-order chi connectivity index (χ1) is 11.1. The number of hydrogen-bond donors (Lipinski definition) is 0. The van der Waals surface area contributed by atoms with Gasteiger partial charge >= 0.3 is 5.97 Å². The van der Waals surface area contributed by atoms with E-state index in [2.05, 4.69) is 23.6 Å². The molecule has 0 atom stereocenters.